The minimum atomic E-state index is 0.131. The number of benzene rings is 3. The minimum absolute atomic E-state index is 0.131. The molecule has 3 aromatic carbocycles. The predicted molar refractivity (Wildman–Crippen MR) is 121 cm³/mol. The second-order valence-electron chi connectivity index (χ2n) is 6.65. The van der Waals surface area contributed by atoms with Crippen molar-refractivity contribution in [1.29, 1.82) is 0 Å². The van der Waals surface area contributed by atoms with Gasteiger partial charge in [0, 0.05) is 11.1 Å². The molecule has 0 aliphatic heterocycles. The van der Waals surface area contributed by atoms with Gasteiger partial charge in [-0.3, -0.25) is 5.43 Å². The molecule has 0 spiro atoms. The van der Waals surface area contributed by atoms with Gasteiger partial charge in [0.05, 0.1) is 11.9 Å². The van der Waals surface area contributed by atoms with Crippen molar-refractivity contribution in [2.45, 2.75) is 12.8 Å². The van der Waals surface area contributed by atoms with Crippen LogP contribution in [0.4, 0.5) is 5.69 Å². The average Bonchev–Trinajstić information content (AvgIpc) is 2.73. The molecule has 29 heavy (non-hydrogen) atoms. The molecule has 3 N–H and O–H groups in total. The summed E-state index contributed by atoms with van der Waals surface area (Å²) in [6.45, 7) is 7.54. The van der Waals surface area contributed by atoms with Gasteiger partial charge in [-0.05, 0) is 65.9 Å². The van der Waals surface area contributed by atoms with Crippen LogP contribution in [-0.4, -0.2) is 16.4 Å². The second kappa shape index (κ2) is 9.42. The first-order valence-corrected chi connectivity index (χ1v) is 9.36. The fourth-order valence-corrected chi connectivity index (χ4v) is 3.08. The highest BCUT2D eigenvalue weighted by Gasteiger charge is 2.12. The van der Waals surface area contributed by atoms with E-state index in [4.69, 9.17) is 0 Å². The van der Waals surface area contributed by atoms with E-state index >= 15 is 0 Å². The monoisotopic (exact) mass is 384 g/mol. The number of anilines is 1. The molecule has 0 saturated carbocycles. The summed E-state index contributed by atoms with van der Waals surface area (Å²) < 4.78 is 0. The quantitative estimate of drug-likeness (QED) is 0.266. The molecule has 0 heterocycles. The molecule has 0 radical (unpaired) electrons. The zero-order valence-corrected chi connectivity index (χ0v) is 16.2. The highest BCUT2D eigenvalue weighted by atomic mass is 16.3. The van der Waals surface area contributed by atoms with Gasteiger partial charge in [0.15, 0.2) is 0 Å². The normalized spacial score (nSPS) is 10.8. The standard InChI is InChI=1S/C25H24N2O2/c1-3-8-18-14-21(17-26-27-22-10-6-5-7-11-22)25(29)23(15-18)19-12-13-24(28)20(16-19)9-4-2/h3-7,10-17,27-29H,1-2,8-9H2/b26-17+. The van der Waals surface area contributed by atoms with E-state index in [9.17, 15) is 10.2 Å². The number of hydrogen-bond acceptors (Lipinski definition) is 4. The highest BCUT2D eigenvalue weighted by molar-refractivity contribution is 5.89. The molecule has 0 amide bonds. The van der Waals surface area contributed by atoms with Crippen LogP contribution in [0.3, 0.4) is 0 Å². The van der Waals surface area contributed by atoms with Gasteiger partial charge in [-0.2, -0.15) is 5.10 Å². The number of hydrogen-bond donors (Lipinski definition) is 3. The molecular formula is C25H24N2O2. The van der Waals surface area contributed by atoms with Crippen molar-refractivity contribution >= 4 is 11.9 Å². The Balaban J connectivity index is 2.00. The van der Waals surface area contributed by atoms with Crippen LogP contribution in [0.25, 0.3) is 11.1 Å². The number of allylic oxidation sites excluding steroid dienone is 2. The highest BCUT2D eigenvalue weighted by Crippen LogP contribution is 2.35. The molecule has 0 aliphatic carbocycles. The third-order valence-electron chi connectivity index (χ3n) is 4.51. The number of nitrogens with one attached hydrogen (secondary N) is 1. The topological polar surface area (TPSA) is 64.9 Å². The van der Waals surface area contributed by atoms with Crippen molar-refractivity contribution < 1.29 is 10.2 Å². The van der Waals surface area contributed by atoms with Crippen molar-refractivity contribution in [3.63, 3.8) is 0 Å². The van der Waals surface area contributed by atoms with E-state index in [1.54, 1.807) is 24.4 Å². The molecule has 0 aliphatic rings. The van der Waals surface area contributed by atoms with E-state index in [0.29, 0.717) is 24.0 Å². The number of phenols is 2. The Kier molecular flexibility index (Phi) is 6.48. The lowest BCUT2D eigenvalue weighted by Crippen LogP contribution is -1.95. The van der Waals surface area contributed by atoms with E-state index in [2.05, 4.69) is 23.7 Å². The average molecular weight is 384 g/mol. The largest absolute Gasteiger partial charge is 0.508 e. The maximum atomic E-state index is 10.9. The number of aromatic hydroxyl groups is 2. The summed E-state index contributed by atoms with van der Waals surface area (Å²) in [7, 11) is 0. The van der Waals surface area contributed by atoms with Crippen LogP contribution in [0.2, 0.25) is 0 Å². The minimum Gasteiger partial charge on any atom is -0.508 e. The first-order chi connectivity index (χ1) is 14.1. The summed E-state index contributed by atoms with van der Waals surface area (Å²) in [5.74, 6) is 0.343. The number of hydrazone groups is 1. The van der Waals surface area contributed by atoms with Crippen LogP contribution >= 0.6 is 0 Å². The van der Waals surface area contributed by atoms with Crippen LogP contribution < -0.4 is 5.43 Å². The van der Waals surface area contributed by atoms with Crippen molar-refractivity contribution in [2.75, 3.05) is 5.43 Å². The number of para-hydroxylation sites is 1. The van der Waals surface area contributed by atoms with E-state index in [1.165, 1.54) is 0 Å². The molecule has 0 unspecified atom stereocenters. The molecule has 3 rings (SSSR count). The Morgan fingerprint density at radius 2 is 1.66 bits per heavy atom. The van der Waals surface area contributed by atoms with Crippen LogP contribution in [0.1, 0.15) is 16.7 Å². The molecule has 0 aromatic heterocycles. The first kappa shape index (κ1) is 20.0. The molecule has 0 saturated heterocycles. The van der Waals surface area contributed by atoms with E-state index in [0.717, 1.165) is 22.4 Å². The lowest BCUT2D eigenvalue weighted by atomic mass is 9.95. The Labute approximate surface area is 171 Å². The zero-order valence-electron chi connectivity index (χ0n) is 16.2. The first-order valence-electron chi connectivity index (χ1n) is 9.36. The molecular weight excluding hydrogens is 360 g/mol. The Bertz CT molecular complexity index is 1040. The van der Waals surface area contributed by atoms with E-state index in [1.807, 2.05) is 54.6 Å². The summed E-state index contributed by atoms with van der Waals surface area (Å²) in [6, 6.07) is 18.7. The van der Waals surface area contributed by atoms with E-state index in [-0.39, 0.29) is 11.5 Å². The van der Waals surface area contributed by atoms with Gasteiger partial charge in [-0.1, -0.05) is 36.4 Å². The number of nitrogens with zero attached hydrogens (tertiary/aromatic N) is 1. The van der Waals surface area contributed by atoms with Gasteiger partial charge in [0.25, 0.3) is 0 Å². The molecule has 0 fully saturated rings. The molecule has 146 valence electrons. The summed E-state index contributed by atoms with van der Waals surface area (Å²) in [5.41, 5.74) is 7.67. The van der Waals surface area contributed by atoms with Crippen LogP contribution in [0.5, 0.6) is 11.5 Å². The predicted octanol–water partition coefficient (Wildman–Crippen LogP) is 5.67. The lowest BCUT2D eigenvalue weighted by molar-refractivity contribution is 0.469. The SMILES string of the molecule is C=CCc1cc(/C=N/Nc2ccccc2)c(O)c(-c2ccc(O)c(CC=C)c2)c1. The number of rotatable bonds is 8. The third kappa shape index (κ3) is 4.93. The Hall–Kier alpha value is -3.79. The molecule has 3 aromatic rings. The van der Waals surface area contributed by atoms with Crippen LogP contribution in [0.15, 0.2) is 91.1 Å². The molecule has 4 nitrogen and oxygen atoms in total. The second-order valence-corrected chi connectivity index (χ2v) is 6.65. The summed E-state index contributed by atoms with van der Waals surface area (Å²) in [4.78, 5) is 0. The van der Waals surface area contributed by atoms with Crippen molar-refractivity contribution in [2.24, 2.45) is 5.10 Å². The fourth-order valence-electron chi connectivity index (χ4n) is 3.08. The van der Waals surface area contributed by atoms with Crippen LogP contribution in [-0.2, 0) is 12.8 Å². The number of phenolic OH excluding ortho intramolecular Hbond substituents is 2. The summed E-state index contributed by atoms with van der Waals surface area (Å²) >= 11 is 0. The third-order valence-corrected chi connectivity index (χ3v) is 4.51. The summed E-state index contributed by atoms with van der Waals surface area (Å²) in [5, 5.41) is 25.2. The van der Waals surface area contributed by atoms with Gasteiger partial charge in [-0.25, -0.2) is 0 Å². The van der Waals surface area contributed by atoms with Crippen molar-refractivity contribution in [3.05, 3.63) is 103 Å². The molecule has 4 heteroatoms. The Morgan fingerprint density at radius 1 is 0.897 bits per heavy atom. The lowest BCUT2D eigenvalue weighted by Gasteiger charge is -2.12. The van der Waals surface area contributed by atoms with Crippen molar-refractivity contribution in [1.82, 2.24) is 0 Å². The Morgan fingerprint density at radius 3 is 2.38 bits per heavy atom. The van der Waals surface area contributed by atoms with Gasteiger partial charge < -0.3 is 10.2 Å². The van der Waals surface area contributed by atoms with Crippen LogP contribution in [0, 0.1) is 0 Å². The van der Waals surface area contributed by atoms with E-state index < -0.39 is 0 Å². The van der Waals surface area contributed by atoms with Gasteiger partial charge in [0.2, 0.25) is 0 Å². The van der Waals surface area contributed by atoms with Crippen molar-refractivity contribution in [3.8, 4) is 22.6 Å². The maximum Gasteiger partial charge on any atom is 0.132 e. The van der Waals surface area contributed by atoms with Gasteiger partial charge >= 0.3 is 0 Å². The van der Waals surface area contributed by atoms with Gasteiger partial charge in [0.1, 0.15) is 11.5 Å². The van der Waals surface area contributed by atoms with Gasteiger partial charge in [-0.15, -0.1) is 13.2 Å². The fraction of sp³-hybridized carbons (Fsp3) is 0.0800. The maximum absolute atomic E-state index is 10.9. The summed E-state index contributed by atoms with van der Waals surface area (Å²) in [6.07, 6.45) is 6.36. The smallest absolute Gasteiger partial charge is 0.132 e. The zero-order chi connectivity index (χ0) is 20.6. The molecule has 0 bridgehead atoms. The molecule has 0 atom stereocenters.